The van der Waals surface area contributed by atoms with Crippen LogP contribution in [0.5, 0.6) is 0 Å². The Morgan fingerprint density at radius 3 is 2.20 bits per heavy atom. The molecule has 4 rings (SSSR count). The van der Waals surface area contributed by atoms with Gasteiger partial charge in [-0.25, -0.2) is 4.98 Å². The summed E-state index contributed by atoms with van der Waals surface area (Å²) < 4.78 is 28.4. The normalized spacial score (nSPS) is 26.6. The van der Waals surface area contributed by atoms with Gasteiger partial charge in [-0.05, 0) is 22.2 Å². The monoisotopic (exact) mass is 523 g/mol. The number of hydrogen-bond donors (Lipinski definition) is 2. The fraction of sp³-hybridized carbons (Fsp3) is 0.727. The van der Waals surface area contributed by atoms with Crippen LogP contribution in [0.2, 0.25) is 22.2 Å². The van der Waals surface area contributed by atoms with Crippen LogP contribution in [0.3, 0.4) is 0 Å². The number of ketones is 1. The molecule has 2 aromatic rings. The Bertz CT molecular complexity index is 1150. The third-order valence-corrected chi connectivity index (χ3v) is 17.4. The van der Waals surface area contributed by atoms with E-state index in [2.05, 4.69) is 70.3 Å². The topological polar surface area (TPSA) is 144 Å². The summed E-state index contributed by atoms with van der Waals surface area (Å²) in [6, 6.07) is 0. The summed E-state index contributed by atoms with van der Waals surface area (Å²) in [5.74, 6) is -0.340. The largest absolute Gasteiger partial charge is 0.414 e. The molecule has 0 aromatic carbocycles. The van der Waals surface area contributed by atoms with E-state index < -0.39 is 41.1 Å². The van der Waals surface area contributed by atoms with E-state index in [1.54, 1.807) is 0 Å². The van der Waals surface area contributed by atoms with Crippen LogP contribution in [-0.4, -0.2) is 61.2 Å². The molecule has 3 atom stereocenters. The third kappa shape index (κ3) is 4.11. The van der Waals surface area contributed by atoms with Crippen LogP contribution in [0.4, 0.5) is 5.95 Å². The minimum absolute atomic E-state index is 0.0654. The number of aromatic amines is 1. The van der Waals surface area contributed by atoms with Gasteiger partial charge < -0.3 is 23.4 Å². The standard InChI is InChI=1S/C22H37N5O6Si2/c1-11(2)34(12(3)4)30-9-15-18(32-35(33-34,13(5)6)14(7)8)17(28)21(31-15)27-10-24-16-19(27)25-22(23)26-20(16)29/h10-15,18,21H,9H2,1-8H3,(H3,23,25,26,29)/t15-,18-,21-/m1/s1. The number of nitrogens with zero attached hydrogens (tertiary/aromatic N) is 3. The number of carbonyl (C=O) groups is 1. The number of nitrogen functional groups attached to an aromatic ring is 1. The van der Waals surface area contributed by atoms with Crippen molar-refractivity contribution in [3.8, 4) is 0 Å². The Morgan fingerprint density at radius 2 is 1.63 bits per heavy atom. The van der Waals surface area contributed by atoms with Gasteiger partial charge in [-0.3, -0.25) is 19.1 Å². The Hall–Kier alpha value is -1.91. The highest BCUT2D eigenvalue weighted by atomic mass is 28.5. The van der Waals surface area contributed by atoms with Gasteiger partial charge in [0.1, 0.15) is 12.2 Å². The fourth-order valence-electron chi connectivity index (χ4n) is 5.33. The Balaban J connectivity index is 1.80. The fourth-order valence-corrected chi connectivity index (χ4v) is 16.5. The van der Waals surface area contributed by atoms with E-state index in [0.29, 0.717) is 0 Å². The zero-order chi connectivity index (χ0) is 25.9. The van der Waals surface area contributed by atoms with E-state index in [9.17, 15) is 9.59 Å². The number of Topliss-reactive ketones (excluding diaryl/α,β-unsaturated/α-hetero) is 1. The maximum Gasteiger partial charge on any atom is 0.335 e. The first kappa shape index (κ1) is 26.2. The van der Waals surface area contributed by atoms with Crippen LogP contribution in [0.1, 0.15) is 61.6 Å². The molecular formula is C22H37N5O6Si2. The molecule has 2 fully saturated rings. The minimum atomic E-state index is -2.97. The van der Waals surface area contributed by atoms with Crippen molar-refractivity contribution in [1.82, 2.24) is 19.5 Å². The lowest BCUT2D eigenvalue weighted by Gasteiger charge is -2.50. The van der Waals surface area contributed by atoms with Crippen LogP contribution in [-0.2, 0) is 22.5 Å². The summed E-state index contributed by atoms with van der Waals surface area (Å²) in [5, 5.41) is 0. The maximum absolute atomic E-state index is 13.8. The molecule has 0 unspecified atom stereocenters. The predicted molar refractivity (Wildman–Crippen MR) is 135 cm³/mol. The molecule has 2 aromatic heterocycles. The number of imidazole rings is 1. The van der Waals surface area contributed by atoms with E-state index in [0.717, 1.165) is 0 Å². The van der Waals surface area contributed by atoms with Gasteiger partial charge in [-0.2, -0.15) is 4.98 Å². The summed E-state index contributed by atoms with van der Waals surface area (Å²) in [5.41, 5.74) is 6.04. The molecule has 4 heterocycles. The molecule has 13 heteroatoms. The first-order chi connectivity index (χ1) is 16.3. The van der Waals surface area contributed by atoms with Crippen molar-refractivity contribution >= 4 is 40.0 Å². The van der Waals surface area contributed by atoms with E-state index in [1.807, 2.05) is 0 Å². The van der Waals surface area contributed by atoms with Gasteiger partial charge >= 0.3 is 17.1 Å². The molecule has 0 spiro atoms. The summed E-state index contributed by atoms with van der Waals surface area (Å²) >= 11 is 0. The smallest absolute Gasteiger partial charge is 0.335 e. The second-order valence-electron chi connectivity index (χ2n) is 10.7. The number of anilines is 1. The molecule has 0 aliphatic carbocycles. The minimum Gasteiger partial charge on any atom is -0.414 e. The highest BCUT2D eigenvalue weighted by molar-refractivity contribution is 6.84. The van der Waals surface area contributed by atoms with Crippen LogP contribution < -0.4 is 11.3 Å². The van der Waals surface area contributed by atoms with E-state index in [-0.39, 0.29) is 51.7 Å². The Kier molecular flexibility index (Phi) is 6.87. The van der Waals surface area contributed by atoms with Crippen LogP contribution in [0.15, 0.2) is 11.1 Å². The van der Waals surface area contributed by atoms with Gasteiger partial charge in [0.2, 0.25) is 11.7 Å². The van der Waals surface area contributed by atoms with Gasteiger partial charge in [0.15, 0.2) is 17.4 Å². The van der Waals surface area contributed by atoms with Crippen molar-refractivity contribution in [3.63, 3.8) is 0 Å². The number of aromatic nitrogens is 4. The maximum atomic E-state index is 13.8. The highest BCUT2D eigenvalue weighted by Gasteiger charge is 2.61. The van der Waals surface area contributed by atoms with Gasteiger partial charge in [-0.15, -0.1) is 0 Å². The van der Waals surface area contributed by atoms with E-state index in [1.165, 1.54) is 10.9 Å². The molecule has 0 radical (unpaired) electrons. The van der Waals surface area contributed by atoms with E-state index in [4.69, 9.17) is 23.4 Å². The number of nitrogens with one attached hydrogen (secondary N) is 1. The SMILES string of the molecule is CC(C)[Si]1(C(C)C)OC[C@H]2O[C@@H](n3cnc4c(=O)[nH]c(N)nc43)C(=O)[C@@H]2O[Si](C(C)C)(C(C)C)O1. The second kappa shape index (κ2) is 9.19. The Morgan fingerprint density at radius 1 is 1.03 bits per heavy atom. The molecule has 2 saturated heterocycles. The lowest BCUT2D eigenvalue weighted by Crippen LogP contribution is -2.65. The van der Waals surface area contributed by atoms with Gasteiger partial charge in [0, 0.05) is 0 Å². The molecule has 194 valence electrons. The average molecular weight is 524 g/mol. The van der Waals surface area contributed by atoms with Gasteiger partial charge in [0.25, 0.3) is 5.56 Å². The molecule has 0 bridgehead atoms. The summed E-state index contributed by atoms with van der Waals surface area (Å²) in [7, 11) is -5.73. The number of ether oxygens (including phenoxy) is 1. The van der Waals surface area contributed by atoms with Crippen molar-refractivity contribution in [3.05, 3.63) is 16.7 Å². The molecule has 35 heavy (non-hydrogen) atoms. The summed E-state index contributed by atoms with van der Waals surface area (Å²) in [4.78, 5) is 36.8. The number of nitrogens with two attached hydrogens (primary N) is 1. The van der Waals surface area contributed by atoms with Crippen molar-refractivity contribution in [2.45, 2.75) is 96.0 Å². The molecule has 2 aliphatic rings. The van der Waals surface area contributed by atoms with Gasteiger partial charge in [0.05, 0.1) is 12.9 Å². The molecule has 11 nitrogen and oxygen atoms in total. The van der Waals surface area contributed by atoms with Crippen molar-refractivity contribution in [2.75, 3.05) is 12.3 Å². The van der Waals surface area contributed by atoms with Crippen molar-refractivity contribution in [1.29, 1.82) is 0 Å². The van der Waals surface area contributed by atoms with Crippen LogP contribution in [0, 0.1) is 0 Å². The first-order valence-corrected chi connectivity index (χ1v) is 16.2. The zero-order valence-electron chi connectivity index (χ0n) is 21.7. The lowest BCUT2D eigenvalue weighted by molar-refractivity contribution is -0.130. The van der Waals surface area contributed by atoms with Crippen molar-refractivity contribution in [2.24, 2.45) is 0 Å². The number of fused-ring (bicyclic) bond motifs is 2. The quantitative estimate of drug-likeness (QED) is 0.565. The number of rotatable bonds is 5. The van der Waals surface area contributed by atoms with Gasteiger partial charge in [-0.1, -0.05) is 55.4 Å². The lowest BCUT2D eigenvalue weighted by atomic mass is 10.1. The van der Waals surface area contributed by atoms with Crippen LogP contribution in [0.25, 0.3) is 11.2 Å². The summed E-state index contributed by atoms with van der Waals surface area (Å²) in [6.07, 6.45) is -1.17. The highest BCUT2D eigenvalue weighted by Crippen LogP contribution is 2.47. The summed E-state index contributed by atoms with van der Waals surface area (Å²) in [6.45, 7) is 17.1. The zero-order valence-corrected chi connectivity index (χ0v) is 23.7. The second-order valence-corrected chi connectivity index (χ2v) is 19.6. The molecule has 2 aliphatic heterocycles. The number of hydrogen-bond acceptors (Lipinski definition) is 9. The first-order valence-electron chi connectivity index (χ1n) is 12.3. The third-order valence-electron chi connectivity index (χ3n) is 7.19. The van der Waals surface area contributed by atoms with Crippen LogP contribution >= 0.6 is 0 Å². The molecule has 0 saturated carbocycles. The molecular weight excluding hydrogens is 486 g/mol. The number of carbonyl (C=O) groups excluding carboxylic acids is 1. The molecule has 0 amide bonds. The molecule has 3 N–H and O–H groups in total. The number of H-pyrrole nitrogens is 1. The van der Waals surface area contributed by atoms with E-state index >= 15 is 0 Å². The Labute approximate surface area is 207 Å². The van der Waals surface area contributed by atoms with Crippen molar-refractivity contribution < 1.29 is 22.5 Å². The average Bonchev–Trinajstić information content (AvgIpc) is 3.28. The predicted octanol–water partition coefficient (Wildman–Crippen LogP) is 3.12.